The molecule has 1 atom stereocenters. The molecule has 1 amide bonds. The third-order valence-electron chi connectivity index (χ3n) is 4.65. The zero-order valence-corrected chi connectivity index (χ0v) is 12.9. The molecule has 20 heavy (non-hydrogen) atoms. The van der Waals surface area contributed by atoms with Gasteiger partial charge in [-0.1, -0.05) is 19.8 Å². The average molecular weight is 303 g/mol. The van der Waals surface area contributed by atoms with Crippen molar-refractivity contribution in [2.75, 3.05) is 19.6 Å². The van der Waals surface area contributed by atoms with E-state index in [0.717, 1.165) is 38.5 Å². The summed E-state index contributed by atoms with van der Waals surface area (Å²) >= 11 is 0. The number of nitrogens with one attached hydrogen (secondary N) is 1. The maximum absolute atomic E-state index is 12.2. The highest BCUT2D eigenvalue weighted by Gasteiger charge is 2.36. The van der Waals surface area contributed by atoms with Crippen LogP contribution in [-0.2, 0) is 15.0 Å². The largest absolute Gasteiger partial charge is 0.355 e. The number of piperidine rings is 1. The molecule has 2 rings (SSSR count). The summed E-state index contributed by atoms with van der Waals surface area (Å²) in [6.45, 7) is 3.46. The van der Waals surface area contributed by atoms with Crippen molar-refractivity contribution in [2.45, 2.75) is 45.4 Å². The first kappa shape index (κ1) is 15.7. The maximum Gasteiger partial charge on any atom is 0.276 e. The van der Waals surface area contributed by atoms with Gasteiger partial charge in [0, 0.05) is 25.0 Å². The van der Waals surface area contributed by atoms with Crippen molar-refractivity contribution in [1.82, 2.24) is 9.62 Å². The highest BCUT2D eigenvalue weighted by atomic mass is 32.2. The van der Waals surface area contributed by atoms with Gasteiger partial charge in [-0.05, 0) is 31.6 Å². The Morgan fingerprint density at radius 1 is 1.35 bits per heavy atom. The van der Waals surface area contributed by atoms with Crippen molar-refractivity contribution in [3.8, 4) is 0 Å². The number of hydrogen-bond donors (Lipinski definition) is 2. The predicted octanol–water partition coefficient (Wildman–Crippen LogP) is 0.598. The van der Waals surface area contributed by atoms with Crippen molar-refractivity contribution in [2.24, 2.45) is 16.5 Å². The van der Waals surface area contributed by atoms with Crippen molar-refractivity contribution in [1.29, 1.82) is 0 Å². The van der Waals surface area contributed by atoms with Gasteiger partial charge in [0.15, 0.2) is 0 Å². The lowest BCUT2D eigenvalue weighted by Gasteiger charge is -2.31. The van der Waals surface area contributed by atoms with Gasteiger partial charge in [0.2, 0.25) is 5.91 Å². The number of nitrogens with two attached hydrogens (primary N) is 1. The van der Waals surface area contributed by atoms with Crippen molar-refractivity contribution in [3.63, 3.8) is 0 Å². The van der Waals surface area contributed by atoms with E-state index in [1.165, 1.54) is 4.31 Å². The Morgan fingerprint density at radius 2 is 2.00 bits per heavy atom. The summed E-state index contributed by atoms with van der Waals surface area (Å²) < 4.78 is 24.0. The quantitative estimate of drug-likeness (QED) is 0.796. The van der Waals surface area contributed by atoms with Crippen molar-refractivity contribution < 1.29 is 13.2 Å². The number of amides is 1. The van der Waals surface area contributed by atoms with Gasteiger partial charge in [0.1, 0.15) is 0 Å². The number of carbonyl (C=O) groups excluding carboxylic acids is 1. The van der Waals surface area contributed by atoms with Gasteiger partial charge in [-0.2, -0.15) is 12.7 Å². The van der Waals surface area contributed by atoms with Gasteiger partial charge < -0.3 is 5.32 Å². The molecule has 1 saturated heterocycles. The van der Waals surface area contributed by atoms with Gasteiger partial charge >= 0.3 is 0 Å². The lowest BCUT2D eigenvalue weighted by molar-refractivity contribution is -0.130. The van der Waals surface area contributed by atoms with E-state index in [2.05, 4.69) is 5.32 Å². The van der Waals surface area contributed by atoms with Gasteiger partial charge in [0.05, 0.1) is 0 Å². The molecule has 3 N–H and O–H groups in total. The lowest BCUT2D eigenvalue weighted by Crippen LogP contribution is -2.47. The van der Waals surface area contributed by atoms with Crippen LogP contribution in [0.4, 0.5) is 0 Å². The summed E-state index contributed by atoms with van der Waals surface area (Å²) in [7, 11) is -3.60. The van der Waals surface area contributed by atoms with Crippen LogP contribution in [0.1, 0.15) is 45.4 Å². The fraction of sp³-hybridized carbons (Fsp3) is 0.923. The van der Waals surface area contributed by atoms with E-state index in [1.807, 2.05) is 6.92 Å². The molecule has 6 nitrogen and oxygen atoms in total. The molecule has 1 heterocycles. The van der Waals surface area contributed by atoms with Crippen LogP contribution in [0.3, 0.4) is 0 Å². The summed E-state index contributed by atoms with van der Waals surface area (Å²) in [5, 5.41) is 8.17. The highest BCUT2D eigenvalue weighted by Crippen LogP contribution is 2.37. The standard InChI is InChI=1S/C13H25N3O3S/c1-13(6-2-3-7-13)12(17)15-9-11-5-4-8-16(10-11)20(14,18)19/h11H,2-10H2,1H3,(H,15,17)(H2,14,18,19). The molecule has 0 aromatic carbocycles. The number of nitrogens with zero attached hydrogens (tertiary/aromatic N) is 1. The average Bonchev–Trinajstić information content (AvgIpc) is 2.83. The molecule has 1 aliphatic carbocycles. The second kappa shape index (κ2) is 5.99. The Morgan fingerprint density at radius 3 is 2.60 bits per heavy atom. The summed E-state index contributed by atoms with van der Waals surface area (Å²) in [6, 6.07) is 0. The van der Waals surface area contributed by atoms with E-state index in [1.54, 1.807) is 0 Å². The van der Waals surface area contributed by atoms with Crippen molar-refractivity contribution in [3.05, 3.63) is 0 Å². The Balaban J connectivity index is 1.83. The van der Waals surface area contributed by atoms with E-state index in [0.29, 0.717) is 19.6 Å². The molecule has 1 unspecified atom stereocenters. The SMILES string of the molecule is CC1(C(=O)NCC2CCCN(S(N)(=O)=O)C2)CCCC1. The van der Waals surface area contributed by atoms with Gasteiger partial charge in [-0.3, -0.25) is 4.79 Å². The van der Waals surface area contributed by atoms with Gasteiger partial charge in [0.25, 0.3) is 10.2 Å². The maximum atomic E-state index is 12.2. The minimum absolute atomic E-state index is 0.114. The molecular weight excluding hydrogens is 278 g/mol. The van der Waals surface area contributed by atoms with Crippen LogP contribution in [0, 0.1) is 11.3 Å². The van der Waals surface area contributed by atoms with Crippen LogP contribution in [0.25, 0.3) is 0 Å². The first-order chi connectivity index (χ1) is 9.31. The first-order valence-corrected chi connectivity index (χ1v) is 8.88. The zero-order valence-electron chi connectivity index (χ0n) is 12.1. The fourth-order valence-corrected chi connectivity index (χ4v) is 4.06. The molecule has 1 saturated carbocycles. The third-order valence-corrected chi connectivity index (χ3v) is 5.70. The normalized spacial score (nSPS) is 27.4. The third kappa shape index (κ3) is 3.71. The van der Waals surface area contributed by atoms with Crippen LogP contribution < -0.4 is 10.5 Å². The number of hydrogen-bond acceptors (Lipinski definition) is 3. The van der Waals surface area contributed by atoms with E-state index < -0.39 is 10.2 Å². The second-order valence-electron chi connectivity index (χ2n) is 6.39. The van der Waals surface area contributed by atoms with Crippen molar-refractivity contribution >= 4 is 16.1 Å². The minimum atomic E-state index is -3.60. The molecule has 0 aromatic rings. The van der Waals surface area contributed by atoms with E-state index >= 15 is 0 Å². The van der Waals surface area contributed by atoms with Crippen LogP contribution in [0.15, 0.2) is 0 Å². The summed E-state index contributed by atoms with van der Waals surface area (Å²) in [6.07, 6.45) is 5.87. The minimum Gasteiger partial charge on any atom is -0.355 e. The Labute approximate surface area is 121 Å². The van der Waals surface area contributed by atoms with E-state index in [9.17, 15) is 13.2 Å². The highest BCUT2D eigenvalue weighted by molar-refractivity contribution is 7.86. The molecule has 7 heteroatoms. The van der Waals surface area contributed by atoms with Gasteiger partial charge in [-0.15, -0.1) is 0 Å². The first-order valence-electron chi connectivity index (χ1n) is 7.37. The molecule has 2 aliphatic rings. The Hall–Kier alpha value is -0.660. The zero-order chi connectivity index (χ0) is 14.8. The molecular formula is C13H25N3O3S. The smallest absolute Gasteiger partial charge is 0.276 e. The predicted molar refractivity (Wildman–Crippen MR) is 77.0 cm³/mol. The van der Waals surface area contributed by atoms with Crippen LogP contribution in [-0.4, -0.2) is 38.3 Å². The number of rotatable bonds is 4. The Bertz CT molecular complexity index is 457. The molecule has 0 radical (unpaired) electrons. The molecule has 116 valence electrons. The fourth-order valence-electron chi connectivity index (χ4n) is 3.26. The Kier molecular flexibility index (Phi) is 4.71. The van der Waals surface area contributed by atoms with Crippen LogP contribution >= 0.6 is 0 Å². The molecule has 0 spiro atoms. The molecule has 1 aliphatic heterocycles. The van der Waals surface area contributed by atoms with Crippen LogP contribution in [0.2, 0.25) is 0 Å². The van der Waals surface area contributed by atoms with Gasteiger partial charge in [-0.25, -0.2) is 5.14 Å². The summed E-state index contributed by atoms with van der Waals surface area (Å²) in [4.78, 5) is 12.2. The monoisotopic (exact) mass is 303 g/mol. The molecule has 0 aromatic heterocycles. The number of carbonyl (C=O) groups is 1. The molecule has 0 bridgehead atoms. The topological polar surface area (TPSA) is 92.5 Å². The van der Waals surface area contributed by atoms with Crippen LogP contribution in [0.5, 0.6) is 0 Å². The molecule has 2 fully saturated rings. The lowest BCUT2D eigenvalue weighted by atomic mass is 9.87. The van der Waals surface area contributed by atoms with E-state index in [-0.39, 0.29) is 17.2 Å². The van der Waals surface area contributed by atoms with E-state index in [4.69, 9.17) is 5.14 Å². The summed E-state index contributed by atoms with van der Waals surface area (Å²) in [5.41, 5.74) is -0.228. The second-order valence-corrected chi connectivity index (χ2v) is 7.94. The summed E-state index contributed by atoms with van der Waals surface area (Å²) in [5.74, 6) is 0.277.